The van der Waals surface area contributed by atoms with Crippen molar-refractivity contribution in [1.82, 2.24) is 4.90 Å². The average molecular weight is 263 g/mol. The number of carboxylic acids is 1. The summed E-state index contributed by atoms with van der Waals surface area (Å²) in [5.74, 6) is -0.0535. The molecule has 5 nitrogen and oxygen atoms in total. The lowest BCUT2D eigenvalue weighted by Crippen LogP contribution is -2.32. The summed E-state index contributed by atoms with van der Waals surface area (Å²) in [6.07, 6.45) is 0.689. The molecule has 0 bridgehead atoms. The van der Waals surface area contributed by atoms with Crippen LogP contribution in [-0.2, 0) is 16.1 Å². The molecule has 1 aromatic carbocycles. The highest BCUT2D eigenvalue weighted by atomic mass is 16.5. The van der Waals surface area contributed by atoms with Gasteiger partial charge in [-0.15, -0.1) is 0 Å². The summed E-state index contributed by atoms with van der Waals surface area (Å²) >= 11 is 0. The third kappa shape index (κ3) is 3.71. The predicted molar refractivity (Wildman–Crippen MR) is 68.8 cm³/mol. The fourth-order valence-corrected chi connectivity index (χ4v) is 2.09. The summed E-state index contributed by atoms with van der Waals surface area (Å²) in [4.78, 5) is 24.2. The first-order valence-electron chi connectivity index (χ1n) is 6.37. The van der Waals surface area contributed by atoms with Crippen LogP contribution in [-0.4, -0.2) is 35.0 Å². The van der Waals surface area contributed by atoms with E-state index >= 15 is 0 Å². The van der Waals surface area contributed by atoms with Crippen LogP contribution in [0.25, 0.3) is 0 Å². The number of rotatable bonds is 4. The monoisotopic (exact) mass is 263 g/mol. The first kappa shape index (κ1) is 13.4. The number of nitrogens with zero attached hydrogens (tertiary/aromatic N) is 1. The number of aliphatic carboxylic acids is 1. The highest BCUT2D eigenvalue weighted by Gasteiger charge is 2.19. The fraction of sp³-hybridized carbons (Fsp3) is 0.429. The maximum Gasteiger partial charge on any atom is 0.303 e. The molecule has 0 atom stereocenters. The average Bonchev–Trinajstić information content (AvgIpc) is 2.60. The second kappa shape index (κ2) is 6.22. The Morgan fingerprint density at radius 1 is 1.26 bits per heavy atom. The molecule has 0 aliphatic carbocycles. The lowest BCUT2D eigenvalue weighted by atomic mass is 10.1. The van der Waals surface area contributed by atoms with Gasteiger partial charge in [0.25, 0.3) is 0 Å². The Morgan fingerprint density at radius 2 is 2.05 bits per heavy atom. The minimum Gasteiger partial charge on any atom is -0.491 e. The molecule has 1 aliphatic rings. The van der Waals surface area contributed by atoms with Gasteiger partial charge in [0.05, 0.1) is 6.54 Å². The molecule has 1 aliphatic heterocycles. The van der Waals surface area contributed by atoms with Gasteiger partial charge >= 0.3 is 5.97 Å². The van der Waals surface area contributed by atoms with E-state index in [1.165, 1.54) is 0 Å². The Kier molecular flexibility index (Phi) is 4.39. The van der Waals surface area contributed by atoms with E-state index in [0.717, 1.165) is 11.3 Å². The van der Waals surface area contributed by atoms with E-state index in [2.05, 4.69) is 0 Å². The van der Waals surface area contributed by atoms with E-state index in [0.29, 0.717) is 26.1 Å². The third-order valence-electron chi connectivity index (χ3n) is 3.09. The van der Waals surface area contributed by atoms with Crippen molar-refractivity contribution >= 4 is 11.9 Å². The molecular formula is C14H17NO4. The number of ether oxygens (including phenoxy) is 1. The summed E-state index contributed by atoms with van der Waals surface area (Å²) in [5.41, 5.74) is 0.992. The molecule has 1 amide bonds. The molecule has 0 saturated heterocycles. The maximum atomic E-state index is 12.0. The largest absolute Gasteiger partial charge is 0.491 e. The van der Waals surface area contributed by atoms with E-state index in [1.54, 1.807) is 4.90 Å². The molecular weight excluding hydrogens is 246 g/mol. The molecule has 0 radical (unpaired) electrons. The molecule has 1 N–H and O–H groups in total. The Bertz CT molecular complexity index is 472. The topological polar surface area (TPSA) is 66.8 Å². The number of hydrogen-bond acceptors (Lipinski definition) is 3. The van der Waals surface area contributed by atoms with Crippen LogP contribution in [0.15, 0.2) is 24.3 Å². The van der Waals surface area contributed by atoms with Gasteiger partial charge in [-0.1, -0.05) is 18.2 Å². The van der Waals surface area contributed by atoms with Gasteiger partial charge in [0, 0.05) is 24.9 Å². The van der Waals surface area contributed by atoms with Crippen molar-refractivity contribution < 1.29 is 19.4 Å². The SMILES string of the molecule is O=C(O)CCCC(=O)N1CCOc2ccccc2C1. The van der Waals surface area contributed by atoms with Gasteiger partial charge in [-0.2, -0.15) is 0 Å². The lowest BCUT2D eigenvalue weighted by molar-refractivity contribution is -0.137. The number of carbonyl (C=O) groups is 2. The van der Waals surface area contributed by atoms with Crippen LogP contribution in [0, 0.1) is 0 Å². The molecule has 1 heterocycles. The highest BCUT2D eigenvalue weighted by molar-refractivity contribution is 5.77. The molecule has 102 valence electrons. The maximum absolute atomic E-state index is 12.0. The second-order valence-corrected chi connectivity index (χ2v) is 4.52. The van der Waals surface area contributed by atoms with Crippen molar-refractivity contribution in [3.05, 3.63) is 29.8 Å². The van der Waals surface area contributed by atoms with Gasteiger partial charge in [0.1, 0.15) is 12.4 Å². The Morgan fingerprint density at radius 3 is 2.84 bits per heavy atom. The molecule has 0 fully saturated rings. The van der Waals surface area contributed by atoms with Crippen LogP contribution in [0.2, 0.25) is 0 Å². The van der Waals surface area contributed by atoms with E-state index in [9.17, 15) is 9.59 Å². The van der Waals surface area contributed by atoms with Gasteiger partial charge in [-0.05, 0) is 12.5 Å². The number of carbonyl (C=O) groups excluding carboxylic acids is 1. The van der Waals surface area contributed by atoms with Crippen molar-refractivity contribution in [3.63, 3.8) is 0 Å². The van der Waals surface area contributed by atoms with E-state index < -0.39 is 5.97 Å². The molecule has 0 spiro atoms. The molecule has 1 aromatic rings. The van der Waals surface area contributed by atoms with E-state index in [4.69, 9.17) is 9.84 Å². The van der Waals surface area contributed by atoms with Crippen LogP contribution in [0.5, 0.6) is 5.75 Å². The summed E-state index contributed by atoms with van der Waals surface area (Å²) < 4.78 is 5.58. The van der Waals surface area contributed by atoms with Gasteiger partial charge < -0.3 is 14.7 Å². The summed E-state index contributed by atoms with van der Waals surface area (Å²) in [5, 5.41) is 8.57. The van der Waals surface area contributed by atoms with Gasteiger partial charge in [0.2, 0.25) is 5.91 Å². The highest BCUT2D eigenvalue weighted by Crippen LogP contribution is 2.22. The zero-order valence-corrected chi connectivity index (χ0v) is 10.7. The Balaban J connectivity index is 1.94. The minimum absolute atomic E-state index is 0.0125. The molecule has 0 unspecified atom stereocenters. The number of hydrogen-bond donors (Lipinski definition) is 1. The summed E-state index contributed by atoms with van der Waals surface area (Å²) in [7, 11) is 0. The third-order valence-corrected chi connectivity index (χ3v) is 3.09. The standard InChI is InChI=1S/C14H17NO4/c16-13(6-3-7-14(17)18)15-8-9-19-12-5-2-1-4-11(12)10-15/h1-2,4-5H,3,6-10H2,(H,17,18). The summed E-state index contributed by atoms with van der Waals surface area (Å²) in [6.45, 7) is 1.55. The van der Waals surface area contributed by atoms with Gasteiger partial charge in [-0.25, -0.2) is 0 Å². The van der Waals surface area contributed by atoms with Crippen LogP contribution in [0.1, 0.15) is 24.8 Å². The molecule has 0 aromatic heterocycles. The zero-order valence-electron chi connectivity index (χ0n) is 10.7. The fourth-order valence-electron chi connectivity index (χ4n) is 2.09. The smallest absolute Gasteiger partial charge is 0.303 e. The lowest BCUT2D eigenvalue weighted by Gasteiger charge is -2.19. The predicted octanol–water partition coefficient (Wildman–Crippen LogP) is 1.66. The number of para-hydroxylation sites is 1. The first-order valence-corrected chi connectivity index (χ1v) is 6.37. The molecule has 5 heteroatoms. The van der Waals surface area contributed by atoms with Crippen molar-refractivity contribution in [1.29, 1.82) is 0 Å². The normalized spacial score (nSPS) is 14.2. The van der Waals surface area contributed by atoms with E-state index in [-0.39, 0.29) is 18.7 Å². The Hall–Kier alpha value is -2.04. The Labute approximate surface area is 111 Å². The van der Waals surface area contributed by atoms with Crippen LogP contribution < -0.4 is 4.74 Å². The molecule has 19 heavy (non-hydrogen) atoms. The number of amides is 1. The van der Waals surface area contributed by atoms with Crippen LogP contribution in [0.3, 0.4) is 0 Å². The first-order chi connectivity index (χ1) is 9.16. The van der Waals surface area contributed by atoms with Crippen molar-refractivity contribution in [3.8, 4) is 5.75 Å². The van der Waals surface area contributed by atoms with Crippen LogP contribution in [0.4, 0.5) is 0 Å². The van der Waals surface area contributed by atoms with E-state index in [1.807, 2.05) is 24.3 Å². The summed E-state index contributed by atoms with van der Waals surface area (Å²) in [6, 6.07) is 7.66. The van der Waals surface area contributed by atoms with Crippen LogP contribution >= 0.6 is 0 Å². The van der Waals surface area contributed by atoms with Gasteiger partial charge in [-0.3, -0.25) is 9.59 Å². The van der Waals surface area contributed by atoms with Crippen molar-refractivity contribution in [2.24, 2.45) is 0 Å². The number of fused-ring (bicyclic) bond motifs is 1. The van der Waals surface area contributed by atoms with Crippen molar-refractivity contribution in [2.45, 2.75) is 25.8 Å². The second-order valence-electron chi connectivity index (χ2n) is 4.52. The van der Waals surface area contributed by atoms with Gasteiger partial charge in [0.15, 0.2) is 0 Å². The number of benzene rings is 1. The zero-order chi connectivity index (χ0) is 13.7. The molecule has 2 rings (SSSR count). The quantitative estimate of drug-likeness (QED) is 0.897. The minimum atomic E-state index is -0.864. The van der Waals surface area contributed by atoms with Crippen molar-refractivity contribution in [2.75, 3.05) is 13.2 Å². The molecule has 0 saturated carbocycles. The number of carboxylic acid groups (broad SMARTS) is 1.